The summed E-state index contributed by atoms with van der Waals surface area (Å²) in [6.45, 7) is 4.43. The van der Waals surface area contributed by atoms with Crippen LogP contribution >= 0.6 is 27.5 Å². The smallest absolute Gasteiger partial charge is 0.0406 e. The zero-order chi connectivity index (χ0) is 15.2. The van der Waals surface area contributed by atoms with Crippen LogP contribution in [0.25, 0.3) is 0 Å². The van der Waals surface area contributed by atoms with Gasteiger partial charge in [-0.3, -0.25) is 0 Å². The lowest BCUT2D eigenvalue weighted by atomic mass is 9.99. The van der Waals surface area contributed by atoms with E-state index in [1.54, 1.807) is 0 Å². The van der Waals surface area contributed by atoms with Gasteiger partial charge in [0, 0.05) is 21.6 Å². The van der Waals surface area contributed by atoms with Gasteiger partial charge in [0.05, 0.1) is 0 Å². The molecule has 2 aromatic rings. The van der Waals surface area contributed by atoms with Crippen molar-refractivity contribution >= 4 is 27.5 Å². The average molecular weight is 367 g/mol. The molecule has 0 aliphatic carbocycles. The molecule has 1 nitrogen and oxygen atoms in total. The number of halogens is 2. The number of hydrogen-bond acceptors (Lipinski definition) is 1. The minimum atomic E-state index is 0.301. The van der Waals surface area contributed by atoms with Crippen molar-refractivity contribution in [2.75, 3.05) is 0 Å². The highest BCUT2D eigenvalue weighted by Crippen LogP contribution is 2.25. The summed E-state index contributed by atoms with van der Waals surface area (Å²) in [5.41, 5.74) is 2.59. The highest BCUT2D eigenvalue weighted by Gasteiger charge is 2.14. The predicted molar refractivity (Wildman–Crippen MR) is 94.8 cm³/mol. The summed E-state index contributed by atoms with van der Waals surface area (Å²) >= 11 is 9.52. The summed E-state index contributed by atoms with van der Waals surface area (Å²) in [6.07, 6.45) is 2.26. The third kappa shape index (κ3) is 4.84. The van der Waals surface area contributed by atoms with Gasteiger partial charge < -0.3 is 5.32 Å². The summed E-state index contributed by atoms with van der Waals surface area (Å²) in [5, 5.41) is 4.52. The van der Waals surface area contributed by atoms with Gasteiger partial charge in [0.2, 0.25) is 0 Å². The summed E-state index contributed by atoms with van der Waals surface area (Å²) in [7, 11) is 0. The third-order valence-corrected chi connectivity index (χ3v) is 4.39. The van der Waals surface area contributed by atoms with Crippen LogP contribution in [0.4, 0.5) is 0 Å². The van der Waals surface area contributed by atoms with E-state index >= 15 is 0 Å². The first-order valence-corrected chi connectivity index (χ1v) is 8.54. The van der Waals surface area contributed by atoms with Crippen LogP contribution in [0.2, 0.25) is 5.02 Å². The monoisotopic (exact) mass is 365 g/mol. The van der Waals surface area contributed by atoms with Crippen LogP contribution in [0.3, 0.4) is 0 Å². The fourth-order valence-electron chi connectivity index (χ4n) is 2.50. The van der Waals surface area contributed by atoms with E-state index in [2.05, 4.69) is 71.5 Å². The molecule has 2 atom stereocenters. The minimum absolute atomic E-state index is 0.301. The molecule has 0 spiro atoms. The standard InChI is InChI=1S/C18H21BrClN/c1-3-5-18(14-8-10-17(20)11-9-14)21-13(2)15-6-4-7-16(19)12-15/h4,6-13,18,21H,3,5H2,1-2H3. The SMILES string of the molecule is CCCC(NC(C)c1cccc(Br)c1)c1ccc(Cl)cc1. The molecule has 0 fully saturated rings. The molecule has 2 rings (SSSR count). The minimum Gasteiger partial charge on any atom is -0.303 e. The second-order valence-electron chi connectivity index (χ2n) is 5.34. The van der Waals surface area contributed by atoms with Crippen molar-refractivity contribution in [3.05, 3.63) is 69.2 Å². The molecular weight excluding hydrogens is 346 g/mol. The van der Waals surface area contributed by atoms with Gasteiger partial charge in [-0.05, 0) is 48.7 Å². The molecule has 0 aliphatic rings. The van der Waals surface area contributed by atoms with Gasteiger partial charge in [0.25, 0.3) is 0 Å². The molecule has 0 saturated heterocycles. The number of rotatable bonds is 6. The normalized spacial score (nSPS) is 13.9. The van der Waals surface area contributed by atoms with E-state index in [4.69, 9.17) is 11.6 Å². The van der Waals surface area contributed by atoms with Crippen LogP contribution in [0.1, 0.15) is 49.9 Å². The van der Waals surface area contributed by atoms with Crippen molar-refractivity contribution in [1.82, 2.24) is 5.32 Å². The Morgan fingerprint density at radius 2 is 1.81 bits per heavy atom. The molecule has 0 radical (unpaired) electrons. The van der Waals surface area contributed by atoms with Crippen LogP contribution in [0.5, 0.6) is 0 Å². The zero-order valence-electron chi connectivity index (χ0n) is 12.4. The van der Waals surface area contributed by atoms with Gasteiger partial charge >= 0.3 is 0 Å². The lowest BCUT2D eigenvalue weighted by Gasteiger charge is -2.24. The van der Waals surface area contributed by atoms with E-state index in [1.165, 1.54) is 11.1 Å². The molecule has 112 valence electrons. The second-order valence-corrected chi connectivity index (χ2v) is 6.69. The Hall–Kier alpha value is -0.830. The van der Waals surface area contributed by atoms with Crippen LogP contribution in [0, 0.1) is 0 Å². The van der Waals surface area contributed by atoms with Gasteiger partial charge in [0.1, 0.15) is 0 Å². The highest BCUT2D eigenvalue weighted by molar-refractivity contribution is 9.10. The van der Waals surface area contributed by atoms with Crippen molar-refractivity contribution in [1.29, 1.82) is 0 Å². The van der Waals surface area contributed by atoms with Crippen molar-refractivity contribution in [3.63, 3.8) is 0 Å². The van der Waals surface area contributed by atoms with E-state index in [9.17, 15) is 0 Å². The van der Waals surface area contributed by atoms with Crippen molar-refractivity contribution in [2.45, 2.75) is 38.8 Å². The Kier molecular flexibility index (Phi) is 6.28. The van der Waals surface area contributed by atoms with Gasteiger partial charge in [0.15, 0.2) is 0 Å². The van der Waals surface area contributed by atoms with Crippen molar-refractivity contribution < 1.29 is 0 Å². The number of hydrogen-bond donors (Lipinski definition) is 1. The van der Waals surface area contributed by atoms with Crippen LogP contribution in [-0.4, -0.2) is 0 Å². The molecular formula is C18H21BrClN. The van der Waals surface area contributed by atoms with Crippen LogP contribution < -0.4 is 5.32 Å². The molecule has 0 aromatic heterocycles. The Bertz CT molecular complexity index is 568. The second kappa shape index (κ2) is 7.98. The van der Waals surface area contributed by atoms with E-state index < -0.39 is 0 Å². The maximum Gasteiger partial charge on any atom is 0.0406 e. The Morgan fingerprint density at radius 1 is 1.10 bits per heavy atom. The van der Waals surface area contributed by atoms with Crippen molar-refractivity contribution in [2.24, 2.45) is 0 Å². The van der Waals surface area contributed by atoms with E-state index in [0.717, 1.165) is 22.3 Å². The molecule has 0 saturated carbocycles. The van der Waals surface area contributed by atoms with E-state index in [1.807, 2.05) is 12.1 Å². The summed E-state index contributed by atoms with van der Waals surface area (Å²) in [4.78, 5) is 0. The first-order chi connectivity index (χ1) is 10.1. The van der Waals surface area contributed by atoms with Gasteiger partial charge in [-0.2, -0.15) is 0 Å². The summed E-state index contributed by atoms with van der Waals surface area (Å²) in [5.74, 6) is 0. The van der Waals surface area contributed by atoms with Crippen molar-refractivity contribution in [3.8, 4) is 0 Å². The quantitative estimate of drug-likeness (QED) is 0.633. The Balaban J connectivity index is 2.14. The fraction of sp³-hybridized carbons (Fsp3) is 0.333. The van der Waals surface area contributed by atoms with E-state index in [-0.39, 0.29) is 0 Å². The molecule has 2 unspecified atom stereocenters. The number of nitrogens with one attached hydrogen (secondary N) is 1. The Morgan fingerprint density at radius 3 is 2.43 bits per heavy atom. The molecule has 0 aliphatic heterocycles. The molecule has 21 heavy (non-hydrogen) atoms. The molecule has 3 heteroatoms. The fourth-order valence-corrected chi connectivity index (χ4v) is 3.05. The molecule has 1 N–H and O–H groups in total. The number of benzene rings is 2. The maximum absolute atomic E-state index is 5.99. The lowest BCUT2D eigenvalue weighted by Crippen LogP contribution is -2.24. The van der Waals surface area contributed by atoms with E-state index in [0.29, 0.717) is 12.1 Å². The van der Waals surface area contributed by atoms with Gasteiger partial charge in [-0.1, -0.05) is 65.1 Å². The van der Waals surface area contributed by atoms with Crippen LogP contribution in [0.15, 0.2) is 53.0 Å². The Labute approximate surface area is 140 Å². The molecule has 0 heterocycles. The van der Waals surface area contributed by atoms with Crippen LogP contribution in [-0.2, 0) is 0 Å². The van der Waals surface area contributed by atoms with Gasteiger partial charge in [-0.25, -0.2) is 0 Å². The summed E-state index contributed by atoms with van der Waals surface area (Å²) < 4.78 is 1.12. The first-order valence-electron chi connectivity index (χ1n) is 7.37. The maximum atomic E-state index is 5.99. The lowest BCUT2D eigenvalue weighted by molar-refractivity contribution is 0.439. The third-order valence-electron chi connectivity index (χ3n) is 3.65. The highest BCUT2D eigenvalue weighted by atomic mass is 79.9. The molecule has 0 amide bonds. The predicted octanol–water partition coefficient (Wildman–Crippen LogP) is 6.29. The molecule has 0 bridgehead atoms. The first kappa shape index (κ1) is 16.5. The molecule has 2 aromatic carbocycles. The largest absolute Gasteiger partial charge is 0.303 e. The average Bonchev–Trinajstić information content (AvgIpc) is 2.47. The zero-order valence-corrected chi connectivity index (χ0v) is 14.8. The topological polar surface area (TPSA) is 12.0 Å². The summed E-state index contributed by atoms with van der Waals surface area (Å²) in [6, 6.07) is 17.3. The van der Waals surface area contributed by atoms with Gasteiger partial charge in [-0.15, -0.1) is 0 Å².